The third-order valence-corrected chi connectivity index (χ3v) is 5.77. The first-order chi connectivity index (χ1) is 9.10. The van der Waals surface area contributed by atoms with Crippen LogP contribution in [0.2, 0.25) is 0 Å². The van der Waals surface area contributed by atoms with Crippen molar-refractivity contribution in [1.82, 2.24) is 4.90 Å². The van der Waals surface area contributed by atoms with Gasteiger partial charge in [0.25, 0.3) is 0 Å². The number of primary amides is 1. The maximum atomic E-state index is 11.6. The molecular weight excluding hydrogens is 238 g/mol. The molecule has 19 heavy (non-hydrogen) atoms. The molecule has 0 aromatic heterocycles. The molecule has 0 aromatic carbocycles. The van der Waals surface area contributed by atoms with E-state index >= 15 is 0 Å². The molecule has 4 atom stereocenters. The van der Waals surface area contributed by atoms with Crippen molar-refractivity contribution in [3.8, 4) is 0 Å². The van der Waals surface area contributed by atoms with Crippen LogP contribution in [0.1, 0.15) is 57.8 Å². The average molecular weight is 265 g/mol. The van der Waals surface area contributed by atoms with Gasteiger partial charge in [-0.25, -0.2) is 0 Å². The normalized spacial score (nSPS) is 43.9. The maximum absolute atomic E-state index is 11.6. The molecule has 108 valence electrons. The summed E-state index contributed by atoms with van der Waals surface area (Å²) in [5, 5.41) is 0. The van der Waals surface area contributed by atoms with Gasteiger partial charge in [-0.2, -0.15) is 0 Å². The SMILES string of the molecule is NC(=O)C1(N)CCCC(N2CCC3CCCCC32)C1. The minimum atomic E-state index is -0.754. The summed E-state index contributed by atoms with van der Waals surface area (Å²) in [4.78, 5) is 14.3. The molecule has 3 rings (SSSR count). The Hall–Kier alpha value is -0.610. The molecule has 4 nitrogen and oxygen atoms in total. The van der Waals surface area contributed by atoms with Crippen molar-refractivity contribution in [3.63, 3.8) is 0 Å². The van der Waals surface area contributed by atoms with E-state index in [2.05, 4.69) is 4.90 Å². The Morgan fingerprint density at radius 1 is 1.11 bits per heavy atom. The summed E-state index contributed by atoms with van der Waals surface area (Å²) < 4.78 is 0. The van der Waals surface area contributed by atoms with Crippen LogP contribution in [0.25, 0.3) is 0 Å². The van der Waals surface area contributed by atoms with E-state index in [0.29, 0.717) is 6.04 Å². The van der Waals surface area contributed by atoms with Crippen LogP contribution >= 0.6 is 0 Å². The Kier molecular flexibility index (Phi) is 3.56. The summed E-state index contributed by atoms with van der Waals surface area (Å²) >= 11 is 0. The van der Waals surface area contributed by atoms with E-state index in [1.54, 1.807) is 0 Å². The van der Waals surface area contributed by atoms with Crippen molar-refractivity contribution < 1.29 is 4.79 Å². The Bertz CT molecular complexity index is 359. The van der Waals surface area contributed by atoms with E-state index in [0.717, 1.165) is 31.2 Å². The zero-order valence-corrected chi connectivity index (χ0v) is 11.8. The molecule has 1 aliphatic heterocycles. The molecule has 3 fully saturated rings. The summed E-state index contributed by atoms with van der Waals surface area (Å²) in [6, 6.07) is 1.24. The number of amides is 1. The zero-order valence-electron chi connectivity index (χ0n) is 11.8. The number of carbonyl (C=O) groups is 1. The summed E-state index contributed by atoms with van der Waals surface area (Å²) in [6.07, 6.45) is 10.6. The Balaban J connectivity index is 1.70. The van der Waals surface area contributed by atoms with Gasteiger partial charge < -0.3 is 11.5 Å². The van der Waals surface area contributed by atoms with Gasteiger partial charge in [-0.1, -0.05) is 12.8 Å². The molecule has 0 spiro atoms. The number of nitrogens with two attached hydrogens (primary N) is 2. The van der Waals surface area contributed by atoms with Crippen LogP contribution in [0.5, 0.6) is 0 Å². The number of nitrogens with zero attached hydrogens (tertiary/aromatic N) is 1. The number of hydrogen-bond acceptors (Lipinski definition) is 3. The molecular formula is C15H27N3O. The van der Waals surface area contributed by atoms with Gasteiger partial charge in [0.1, 0.15) is 0 Å². The van der Waals surface area contributed by atoms with Crippen LogP contribution in [0, 0.1) is 5.92 Å². The van der Waals surface area contributed by atoms with Crippen LogP contribution in [0.4, 0.5) is 0 Å². The minimum absolute atomic E-state index is 0.309. The molecule has 4 N–H and O–H groups in total. The van der Waals surface area contributed by atoms with Crippen molar-refractivity contribution in [2.45, 2.75) is 75.4 Å². The second-order valence-corrected chi connectivity index (χ2v) is 6.91. The number of fused-ring (bicyclic) bond motifs is 1. The number of likely N-dealkylation sites (tertiary alicyclic amines) is 1. The summed E-state index contributed by atoms with van der Waals surface area (Å²) in [7, 11) is 0. The molecule has 4 unspecified atom stereocenters. The fraction of sp³-hybridized carbons (Fsp3) is 0.933. The van der Waals surface area contributed by atoms with E-state index < -0.39 is 5.54 Å². The molecule has 2 saturated carbocycles. The highest BCUT2D eigenvalue weighted by atomic mass is 16.1. The largest absolute Gasteiger partial charge is 0.368 e. The highest BCUT2D eigenvalue weighted by Gasteiger charge is 2.44. The van der Waals surface area contributed by atoms with Gasteiger partial charge in [0.05, 0.1) is 5.54 Å². The highest BCUT2D eigenvalue weighted by Crippen LogP contribution is 2.40. The average Bonchev–Trinajstić information content (AvgIpc) is 2.82. The smallest absolute Gasteiger partial charge is 0.237 e. The third-order valence-electron chi connectivity index (χ3n) is 5.77. The Morgan fingerprint density at radius 3 is 2.68 bits per heavy atom. The van der Waals surface area contributed by atoms with Gasteiger partial charge in [-0.3, -0.25) is 9.69 Å². The van der Waals surface area contributed by atoms with E-state index in [4.69, 9.17) is 11.5 Å². The van der Waals surface area contributed by atoms with E-state index in [-0.39, 0.29) is 5.91 Å². The monoisotopic (exact) mass is 265 g/mol. The van der Waals surface area contributed by atoms with Crippen LogP contribution in [0.3, 0.4) is 0 Å². The molecule has 1 heterocycles. The van der Waals surface area contributed by atoms with Gasteiger partial charge in [-0.05, 0) is 57.4 Å². The zero-order chi connectivity index (χ0) is 13.5. The topological polar surface area (TPSA) is 72.3 Å². The molecule has 0 bridgehead atoms. The van der Waals surface area contributed by atoms with Crippen molar-refractivity contribution in [2.24, 2.45) is 17.4 Å². The lowest BCUT2D eigenvalue weighted by Crippen LogP contribution is -2.59. The van der Waals surface area contributed by atoms with Crippen molar-refractivity contribution >= 4 is 5.91 Å². The molecule has 4 heteroatoms. The van der Waals surface area contributed by atoms with E-state index in [9.17, 15) is 4.79 Å². The second kappa shape index (κ2) is 5.06. The van der Waals surface area contributed by atoms with Gasteiger partial charge in [0.2, 0.25) is 5.91 Å². The number of carbonyl (C=O) groups excluding carboxylic acids is 1. The molecule has 1 saturated heterocycles. The highest BCUT2D eigenvalue weighted by molar-refractivity contribution is 5.84. The van der Waals surface area contributed by atoms with Crippen LogP contribution in [-0.2, 0) is 4.79 Å². The first-order valence-corrected chi connectivity index (χ1v) is 7.95. The van der Waals surface area contributed by atoms with Crippen LogP contribution in [0.15, 0.2) is 0 Å². The van der Waals surface area contributed by atoms with Crippen molar-refractivity contribution in [3.05, 3.63) is 0 Å². The van der Waals surface area contributed by atoms with Gasteiger partial charge in [0.15, 0.2) is 0 Å². The lowest BCUT2D eigenvalue weighted by atomic mass is 9.77. The quantitative estimate of drug-likeness (QED) is 0.792. The summed E-state index contributed by atoms with van der Waals surface area (Å²) in [6.45, 7) is 1.20. The van der Waals surface area contributed by atoms with Gasteiger partial charge >= 0.3 is 0 Å². The van der Waals surface area contributed by atoms with Crippen LogP contribution < -0.4 is 11.5 Å². The molecule has 1 amide bonds. The molecule has 0 radical (unpaired) electrons. The Labute approximate surface area is 115 Å². The van der Waals surface area contributed by atoms with Gasteiger partial charge in [-0.15, -0.1) is 0 Å². The first kappa shape index (κ1) is 13.4. The lowest BCUT2D eigenvalue weighted by molar-refractivity contribution is -0.125. The number of hydrogen-bond donors (Lipinski definition) is 2. The van der Waals surface area contributed by atoms with Crippen molar-refractivity contribution in [1.29, 1.82) is 0 Å². The molecule has 3 aliphatic rings. The second-order valence-electron chi connectivity index (χ2n) is 6.91. The maximum Gasteiger partial charge on any atom is 0.237 e. The van der Waals surface area contributed by atoms with E-state index in [1.807, 2.05) is 0 Å². The summed E-state index contributed by atoms with van der Waals surface area (Å²) in [5.41, 5.74) is 11.0. The minimum Gasteiger partial charge on any atom is -0.368 e. The number of rotatable bonds is 2. The van der Waals surface area contributed by atoms with E-state index in [1.165, 1.54) is 45.1 Å². The predicted octanol–water partition coefficient (Wildman–Crippen LogP) is 1.38. The first-order valence-electron chi connectivity index (χ1n) is 7.95. The molecule has 0 aromatic rings. The standard InChI is InChI=1S/C15H27N3O/c16-14(19)15(17)8-3-5-12(10-15)18-9-7-11-4-1-2-6-13(11)18/h11-13H,1-10,17H2,(H2,16,19). The lowest BCUT2D eigenvalue weighted by Gasteiger charge is -2.43. The fourth-order valence-electron chi connectivity index (χ4n) is 4.68. The van der Waals surface area contributed by atoms with Gasteiger partial charge in [0, 0.05) is 12.1 Å². The van der Waals surface area contributed by atoms with Crippen molar-refractivity contribution in [2.75, 3.05) is 6.54 Å². The summed E-state index contributed by atoms with van der Waals surface area (Å²) in [5.74, 6) is 0.591. The molecule has 2 aliphatic carbocycles. The third kappa shape index (κ3) is 2.40. The Morgan fingerprint density at radius 2 is 1.89 bits per heavy atom. The predicted molar refractivity (Wildman–Crippen MR) is 75.4 cm³/mol. The fourth-order valence-corrected chi connectivity index (χ4v) is 4.68. The van der Waals surface area contributed by atoms with Crippen LogP contribution in [-0.4, -0.2) is 35.0 Å².